The van der Waals surface area contributed by atoms with Gasteiger partial charge in [0.25, 0.3) is 0 Å². The molecule has 8 N–H and O–H groups in total. The van der Waals surface area contributed by atoms with Crippen LogP contribution in [0.4, 0.5) is 58.7 Å². The maximum absolute atomic E-state index is 12.3. The number of carbonyl (C=O) groups is 2. The number of hydrogen-bond donors (Lipinski definition) is 6. The molecule has 73 heavy (non-hydrogen) atoms. The first-order valence-corrected chi connectivity index (χ1v) is 22.4. The minimum absolute atomic E-state index is 0. The summed E-state index contributed by atoms with van der Waals surface area (Å²) in [6, 6.07) is 34.1. The van der Waals surface area contributed by atoms with Crippen molar-refractivity contribution < 1.29 is 45.2 Å². The zero-order valence-corrected chi connectivity index (χ0v) is 39.8. The van der Waals surface area contributed by atoms with E-state index >= 15 is 0 Å². The van der Waals surface area contributed by atoms with Crippen LogP contribution in [0.5, 0.6) is 0 Å². The van der Waals surface area contributed by atoms with E-state index in [1.807, 2.05) is 109 Å². The van der Waals surface area contributed by atoms with Gasteiger partial charge in [0.15, 0.2) is 0 Å². The van der Waals surface area contributed by atoms with Crippen molar-refractivity contribution in [1.82, 2.24) is 29.4 Å². The van der Waals surface area contributed by atoms with Crippen LogP contribution in [0.1, 0.15) is 35.1 Å². The number of nitrogen functional groups attached to an aromatic ring is 2. The minimum atomic E-state index is -4.47. The molecule has 0 radical (unpaired) electrons. The predicted molar refractivity (Wildman–Crippen MR) is 276 cm³/mol. The van der Waals surface area contributed by atoms with E-state index in [1.165, 1.54) is 0 Å². The Balaban J connectivity index is 0.000000186. The van der Waals surface area contributed by atoms with E-state index in [1.54, 1.807) is 83.8 Å². The van der Waals surface area contributed by atoms with Gasteiger partial charge < -0.3 is 42.0 Å². The highest BCUT2D eigenvalue weighted by Gasteiger charge is 2.52. The second kappa shape index (κ2) is 22.3. The number of pyridine rings is 2. The fourth-order valence-corrected chi connectivity index (χ4v) is 7.36. The summed E-state index contributed by atoms with van der Waals surface area (Å²) in [6.07, 6.45) is -1.97. The van der Waals surface area contributed by atoms with Gasteiger partial charge in [0.05, 0.1) is 35.0 Å². The van der Waals surface area contributed by atoms with Crippen LogP contribution in [0.3, 0.4) is 0 Å². The molecule has 1 aliphatic rings. The number of imidazole rings is 2. The zero-order valence-electron chi connectivity index (χ0n) is 39.1. The highest BCUT2D eigenvalue weighted by atomic mass is 35.5. The fraction of sp³-hybridized carbons (Fsp3) is 0.216. The van der Waals surface area contributed by atoms with Crippen LogP contribution in [0.15, 0.2) is 146 Å². The van der Waals surface area contributed by atoms with Gasteiger partial charge in [-0.3, -0.25) is 8.80 Å². The van der Waals surface area contributed by atoms with E-state index in [0.717, 1.165) is 39.1 Å². The summed E-state index contributed by atoms with van der Waals surface area (Å²) >= 11 is 5.93. The van der Waals surface area contributed by atoms with Crippen molar-refractivity contribution in [1.29, 1.82) is 0 Å². The molecule has 8 aromatic rings. The molecule has 1 saturated heterocycles. The first-order chi connectivity index (χ1) is 33.9. The third kappa shape index (κ3) is 14.0. The number of anilines is 4. The lowest BCUT2D eigenvalue weighted by molar-refractivity contribution is -0.123. The van der Waals surface area contributed by atoms with Crippen LogP contribution in [-0.4, -0.2) is 74.6 Å². The number of alkyl halides is 6. The molecule has 14 nitrogen and oxygen atoms in total. The van der Waals surface area contributed by atoms with Gasteiger partial charge in [-0.05, 0) is 87.9 Å². The normalized spacial score (nSPS) is 13.7. The number of nitrogens with two attached hydrogens (primary N) is 2. The molecule has 0 saturated carbocycles. The molecule has 4 amide bonds. The summed E-state index contributed by atoms with van der Waals surface area (Å²) < 4.78 is 88.7. The smallest absolute Gasteiger partial charge is 0.399 e. The molecular weight excluding hydrogens is 977 g/mol. The van der Waals surface area contributed by atoms with Crippen LogP contribution in [0.25, 0.3) is 44.9 Å². The van der Waals surface area contributed by atoms with Gasteiger partial charge in [0.1, 0.15) is 24.4 Å². The second-order valence-corrected chi connectivity index (χ2v) is 17.8. The van der Waals surface area contributed by atoms with Gasteiger partial charge in [0.2, 0.25) is 0 Å². The number of halogens is 7. The van der Waals surface area contributed by atoms with Gasteiger partial charge in [0, 0.05) is 68.4 Å². The second-order valence-electron chi connectivity index (χ2n) is 17.3. The first-order valence-electron chi connectivity index (χ1n) is 22.0. The van der Waals surface area contributed by atoms with E-state index in [-0.39, 0.29) is 25.7 Å². The number of para-hydroxylation sites is 2. The van der Waals surface area contributed by atoms with Crippen LogP contribution in [0.2, 0.25) is 5.02 Å². The van der Waals surface area contributed by atoms with Crippen molar-refractivity contribution >= 4 is 70.3 Å². The van der Waals surface area contributed by atoms with E-state index < -0.39 is 37.5 Å². The number of hydrogen-bond acceptors (Lipinski definition) is 8. The monoisotopic (exact) mass is 1030 g/mol. The number of amides is 4. The molecule has 0 atom stereocenters. The molecule has 22 heteroatoms. The van der Waals surface area contributed by atoms with Gasteiger partial charge in [-0.15, -0.1) is 0 Å². The Bertz CT molecular complexity index is 3200. The summed E-state index contributed by atoms with van der Waals surface area (Å²) in [6.45, 7) is 5.34. The van der Waals surface area contributed by atoms with Gasteiger partial charge in [-0.1, -0.05) is 79.7 Å². The summed E-state index contributed by atoms with van der Waals surface area (Å²) in [5, 5.41) is 8.87. The van der Waals surface area contributed by atoms with Gasteiger partial charge in [-0.2, -0.15) is 26.3 Å². The highest BCUT2D eigenvalue weighted by Crippen LogP contribution is 2.37. The molecule has 4 aromatic carbocycles. The van der Waals surface area contributed by atoms with E-state index in [0.29, 0.717) is 39.1 Å². The molecule has 5 heterocycles. The molecule has 9 rings (SSSR count). The average Bonchev–Trinajstić information content (AvgIpc) is 4.00. The SMILES string of the molecule is C.CC1(C)OB(c2ccccc2N)OC1(C)C.Nc1ccccc1-c1ccn2c(-c3cccc(NC(=O)NCC(F)(F)F)c3)cnc2c1.O=C(NCC(F)(F)F)Nc1cccc(-c2cnc3cc(Cl)ccn23)c1. The third-order valence-corrected chi connectivity index (χ3v) is 11.7. The number of nitrogens with zero attached hydrogens (tertiary/aromatic N) is 4. The topological polar surface area (TPSA) is 187 Å². The third-order valence-electron chi connectivity index (χ3n) is 11.5. The highest BCUT2D eigenvalue weighted by molar-refractivity contribution is 6.63. The van der Waals surface area contributed by atoms with Crippen molar-refractivity contribution in [2.45, 2.75) is 58.7 Å². The Morgan fingerprint density at radius 1 is 0.616 bits per heavy atom. The van der Waals surface area contributed by atoms with E-state index in [2.05, 4.69) is 20.6 Å². The summed E-state index contributed by atoms with van der Waals surface area (Å²) in [7, 11) is -0.369. The standard InChI is InChI=1S/C22H18F3N5O.C16H12ClF3N4O.C12H18BNO2.CH4/c23-22(24,25)13-28-21(31)29-16-5-3-4-15(10-16)19-12-27-20-11-14(8-9-30(19)20)17-6-1-2-7-18(17)26;17-11-4-5-24-13(8-21-14(24)7-11)10-2-1-3-12(6-10)23-15(25)22-9-16(18,19)20;1-11(2)12(3,4)16-13(15-11)9-7-5-6-8-10(9)14;/h1-12H,13,26H2,(H2,28,29,31);1-8H,9H2,(H2,22,23,25);5-8H,14H2,1-4H3;1H4. The largest absolute Gasteiger partial charge is 0.496 e. The molecule has 0 bridgehead atoms. The minimum Gasteiger partial charge on any atom is -0.399 e. The molecule has 0 aliphatic carbocycles. The van der Waals surface area contributed by atoms with Crippen molar-refractivity contribution in [3.8, 4) is 33.6 Å². The van der Waals surface area contributed by atoms with Gasteiger partial charge >= 0.3 is 31.5 Å². The van der Waals surface area contributed by atoms with Crippen LogP contribution in [0, 0.1) is 0 Å². The molecule has 1 aliphatic heterocycles. The number of rotatable bonds is 8. The lowest BCUT2D eigenvalue weighted by Crippen LogP contribution is -2.41. The maximum atomic E-state index is 12.3. The van der Waals surface area contributed by atoms with E-state index in [9.17, 15) is 35.9 Å². The number of benzene rings is 4. The van der Waals surface area contributed by atoms with Crippen molar-refractivity contribution in [3.63, 3.8) is 0 Å². The van der Waals surface area contributed by atoms with Crippen LogP contribution in [-0.2, 0) is 9.31 Å². The number of urea groups is 2. The number of nitrogens with one attached hydrogen (secondary N) is 4. The number of aromatic nitrogens is 4. The molecular formula is C51H52BClF6N10O4. The molecule has 4 aromatic heterocycles. The molecule has 382 valence electrons. The summed E-state index contributed by atoms with van der Waals surface area (Å²) in [5.41, 5.74) is 20.6. The fourth-order valence-electron chi connectivity index (χ4n) is 7.21. The van der Waals surface area contributed by atoms with E-state index in [4.69, 9.17) is 32.4 Å². The zero-order chi connectivity index (χ0) is 52.0. The Morgan fingerprint density at radius 3 is 1.58 bits per heavy atom. The van der Waals surface area contributed by atoms with Crippen molar-refractivity contribution in [2.24, 2.45) is 0 Å². The van der Waals surface area contributed by atoms with Crippen molar-refractivity contribution in [2.75, 3.05) is 35.2 Å². The Hall–Kier alpha value is -7.75. The predicted octanol–water partition coefficient (Wildman–Crippen LogP) is 11.5. The van der Waals surface area contributed by atoms with Gasteiger partial charge in [-0.25, -0.2) is 19.6 Å². The Kier molecular flexibility index (Phi) is 16.7. The Morgan fingerprint density at radius 2 is 1.08 bits per heavy atom. The molecule has 0 spiro atoms. The van der Waals surface area contributed by atoms with Crippen LogP contribution >= 0.6 is 11.6 Å². The maximum Gasteiger partial charge on any atom is 0.496 e. The van der Waals surface area contributed by atoms with Crippen LogP contribution < -0.4 is 38.2 Å². The lowest BCUT2D eigenvalue weighted by atomic mass is 9.78. The lowest BCUT2D eigenvalue weighted by Gasteiger charge is -2.32. The summed E-state index contributed by atoms with van der Waals surface area (Å²) in [5.74, 6) is 0. The van der Waals surface area contributed by atoms with Crippen molar-refractivity contribution in [3.05, 3.63) is 151 Å². The number of fused-ring (bicyclic) bond motifs is 2. The average molecular weight is 1030 g/mol. The molecule has 1 fully saturated rings. The first kappa shape index (κ1) is 54.6. The molecule has 0 unspecified atom stereocenters. The number of carbonyl (C=O) groups excluding carboxylic acids is 2. The quantitative estimate of drug-likeness (QED) is 0.0493. The summed E-state index contributed by atoms with van der Waals surface area (Å²) in [4.78, 5) is 32.0. The Labute approximate surface area is 422 Å².